The Hall–Kier alpha value is -2.86. The molecule has 5 nitrogen and oxygen atoms in total. The van der Waals surface area contributed by atoms with Gasteiger partial charge < -0.3 is 18.8 Å². The van der Waals surface area contributed by atoms with Crippen LogP contribution in [0.2, 0.25) is 0 Å². The van der Waals surface area contributed by atoms with E-state index in [4.69, 9.17) is 13.9 Å². The van der Waals surface area contributed by atoms with Gasteiger partial charge in [0.15, 0.2) is 22.4 Å². The number of hydrogen-bond acceptors (Lipinski definition) is 5. The quantitative estimate of drug-likeness (QED) is 0.485. The molecule has 1 amide bonds. The molecule has 6 heteroatoms. The smallest absolute Gasteiger partial charge is 0.289 e. The van der Waals surface area contributed by atoms with E-state index in [0.717, 1.165) is 10.5 Å². The summed E-state index contributed by atoms with van der Waals surface area (Å²) in [5.41, 5.74) is 3.45. The second-order valence-electron chi connectivity index (χ2n) is 7.11. The maximum atomic E-state index is 12.8. The van der Waals surface area contributed by atoms with Crippen molar-refractivity contribution in [3.8, 4) is 11.5 Å². The van der Waals surface area contributed by atoms with Crippen molar-refractivity contribution in [2.24, 2.45) is 0 Å². The average molecular weight is 426 g/mol. The van der Waals surface area contributed by atoms with E-state index in [1.165, 1.54) is 11.1 Å². The van der Waals surface area contributed by atoms with Gasteiger partial charge in [-0.15, -0.1) is 0 Å². The summed E-state index contributed by atoms with van der Waals surface area (Å²) in [6.45, 7) is 4.72. The van der Waals surface area contributed by atoms with Crippen LogP contribution < -0.4 is 9.47 Å². The fourth-order valence-electron chi connectivity index (χ4n) is 3.17. The molecular weight excluding hydrogens is 398 g/mol. The van der Waals surface area contributed by atoms with Crippen molar-refractivity contribution in [3.05, 3.63) is 71.0 Å². The van der Waals surface area contributed by atoms with Crippen molar-refractivity contribution in [3.63, 3.8) is 0 Å². The van der Waals surface area contributed by atoms with Crippen LogP contribution in [-0.4, -0.2) is 38.6 Å². The zero-order chi connectivity index (χ0) is 21.7. The van der Waals surface area contributed by atoms with E-state index in [0.29, 0.717) is 35.3 Å². The van der Waals surface area contributed by atoms with E-state index in [2.05, 4.69) is 26.0 Å². The lowest BCUT2D eigenvalue weighted by Crippen LogP contribution is -2.28. The van der Waals surface area contributed by atoms with Crippen LogP contribution in [0.1, 0.15) is 27.2 Å². The molecule has 0 fully saturated rings. The fourth-order valence-corrected chi connectivity index (χ4v) is 4.10. The third-order valence-corrected chi connectivity index (χ3v) is 6.20. The number of aryl methyl sites for hydroxylation is 2. The summed E-state index contributed by atoms with van der Waals surface area (Å²) in [7, 11) is 5.01. The first-order chi connectivity index (χ1) is 14.4. The Labute approximate surface area is 182 Å². The van der Waals surface area contributed by atoms with Gasteiger partial charge in [-0.25, -0.2) is 0 Å². The topological polar surface area (TPSA) is 51.9 Å². The van der Waals surface area contributed by atoms with Gasteiger partial charge in [0.25, 0.3) is 5.91 Å². The lowest BCUT2D eigenvalue weighted by atomic mass is 10.1. The van der Waals surface area contributed by atoms with Gasteiger partial charge in [0.05, 0.1) is 14.2 Å². The first-order valence-corrected chi connectivity index (χ1v) is 10.5. The maximum Gasteiger partial charge on any atom is 0.289 e. The Morgan fingerprint density at radius 1 is 1.00 bits per heavy atom. The van der Waals surface area contributed by atoms with E-state index in [9.17, 15) is 4.79 Å². The fraction of sp³-hybridized carbons (Fsp3) is 0.292. The minimum atomic E-state index is -0.135. The predicted octanol–water partition coefficient (Wildman–Crippen LogP) is 5.38. The lowest BCUT2D eigenvalue weighted by molar-refractivity contribution is 0.0759. The summed E-state index contributed by atoms with van der Waals surface area (Å²) in [5.74, 6) is 1.58. The number of carbonyl (C=O) groups is 1. The lowest BCUT2D eigenvalue weighted by Gasteiger charge is -2.16. The standard InChI is InChI=1S/C24H27NO4S/c1-16-7-6-8-17(2)23(16)30-22-12-11-20(29-22)24(26)25(3)14-13-18-9-10-19(27-4)21(15-18)28-5/h6-12,15H,13-14H2,1-5H3. The number of carbonyl (C=O) groups excluding carboxylic acids is 1. The van der Waals surface area contributed by atoms with Crippen LogP contribution in [0, 0.1) is 13.8 Å². The zero-order valence-electron chi connectivity index (χ0n) is 18.0. The highest BCUT2D eigenvalue weighted by Crippen LogP contribution is 2.34. The molecule has 2 aromatic carbocycles. The van der Waals surface area contributed by atoms with Crippen LogP contribution in [0.25, 0.3) is 0 Å². The summed E-state index contributed by atoms with van der Waals surface area (Å²) >= 11 is 1.55. The number of hydrogen-bond donors (Lipinski definition) is 0. The van der Waals surface area contributed by atoms with Crippen molar-refractivity contribution in [1.82, 2.24) is 4.90 Å². The van der Waals surface area contributed by atoms with Gasteiger partial charge in [-0.3, -0.25) is 4.79 Å². The molecule has 0 N–H and O–H groups in total. The Bertz CT molecular complexity index is 1010. The van der Waals surface area contributed by atoms with Gasteiger partial charge in [-0.1, -0.05) is 36.0 Å². The molecule has 0 aliphatic carbocycles. The number of likely N-dealkylation sites (N-methyl/N-ethyl adjacent to an activating group) is 1. The molecule has 158 valence electrons. The molecule has 0 aliphatic heterocycles. The zero-order valence-corrected chi connectivity index (χ0v) is 18.8. The SMILES string of the molecule is COc1ccc(CCN(C)C(=O)c2ccc(Sc3c(C)cccc3C)o2)cc1OC. The summed E-state index contributed by atoms with van der Waals surface area (Å²) in [4.78, 5) is 15.6. The number of ether oxygens (including phenoxy) is 2. The molecular formula is C24H27NO4S. The Kier molecular flexibility index (Phi) is 7.11. The van der Waals surface area contributed by atoms with Crippen LogP contribution in [0.5, 0.6) is 11.5 Å². The second kappa shape index (κ2) is 9.76. The van der Waals surface area contributed by atoms with E-state index < -0.39 is 0 Å². The van der Waals surface area contributed by atoms with Gasteiger partial charge in [-0.05, 0) is 61.2 Å². The molecule has 1 heterocycles. The van der Waals surface area contributed by atoms with Crippen LogP contribution in [-0.2, 0) is 6.42 Å². The van der Waals surface area contributed by atoms with Crippen molar-refractivity contribution >= 4 is 17.7 Å². The van der Waals surface area contributed by atoms with Crippen LogP contribution in [0.15, 0.2) is 62.9 Å². The van der Waals surface area contributed by atoms with Crippen LogP contribution in [0.4, 0.5) is 0 Å². The van der Waals surface area contributed by atoms with Crippen molar-refractivity contribution in [1.29, 1.82) is 0 Å². The highest BCUT2D eigenvalue weighted by atomic mass is 32.2. The minimum absolute atomic E-state index is 0.135. The number of furan rings is 1. The van der Waals surface area contributed by atoms with E-state index >= 15 is 0 Å². The van der Waals surface area contributed by atoms with Crippen molar-refractivity contribution in [2.45, 2.75) is 30.3 Å². The summed E-state index contributed by atoms with van der Waals surface area (Å²) in [5, 5.41) is 0.712. The van der Waals surface area contributed by atoms with E-state index in [1.807, 2.05) is 30.3 Å². The number of methoxy groups -OCH3 is 2. The van der Waals surface area contributed by atoms with E-state index in [-0.39, 0.29) is 5.91 Å². The third-order valence-electron chi connectivity index (χ3n) is 4.93. The molecule has 0 saturated heterocycles. The molecule has 0 bridgehead atoms. The Morgan fingerprint density at radius 3 is 2.37 bits per heavy atom. The van der Waals surface area contributed by atoms with E-state index in [1.54, 1.807) is 44.0 Å². The molecule has 1 aromatic heterocycles. The normalized spacial score (nSPS) is 10.7. The largest absolute Gasteiger partial charge is 0.493 e. The molecule has 3 rings (SSSR count). The summed E-state index contributed by atoms with van der Waals surface area (Å²) in [6.07, 6.45) is 0.702. The highest BCUT2D eigenvalue weighted by molar-refractivity contribution is 7.99. The minimum Gasteiger partial charge on any atom is -0.493 e. The molecule has 0 unspecified atom stereocenters. The van der Waals surface area contributed by atoms with Gasteiger partial charge in [0.1, 0.15) is 0 Å². The third kappa shape index (κ3) is 5.00. The van der Waals surface area contributed by atoms with Crippen LogP contribution in [0.3, 0.4) is 0 Å². The Balaban J connectivity index is 1.63. The Morgan fingerprint density at radius 2 is 1.70 bits per heavy atom. The second-order valence-corrected chi connectivity index (χ2v) is 8.12. The average Bonchev–Trinajstić information content (AvgIpc) is 3.22. The molecule has 3 aromatic rings. The molecule has 0 saturated carbocycles. The van der Waals surface area contributed by atoms with Gasteiger partial charge in [0, 0.05) is 18.5 Å². The monoisotopic (exact) mass is 425 g/mol. The number of amides is 1. The first kappa shape index (κ1) is 21.8. The first-order valence-electron chi connectivity index (χ1n) is 9.73. The summed E-state index contributed by atoms with van der Waals surface area (Å²) < 4.78 is 16.4. The van der Waals surface area contributed by atoms with Crippen molar-refractivity contribution in [2.75, 3.05) is 27.8 Å². The number of benzene rings is 2. The van der Waals surface area contributed by atoms with Crippen LogP contribution >= 0.6 is 11.8 Å². The molecule has 30 heavy (non-hydrogen) atoms. The number of nitrogens with zero attached hydrogens (tertiary/aromatic N) is 1. The van der Waals surface area contributed by atoms with Gasteiger partial charge in [-0.2, -0.15) is 0 Å². The maximum absolute atomic E-state index is 12.8. The van der Waals surface area contributed by atoms with Gasteiger partial charge in [0.2, 0.25) is 0 Å². The van der Waals surface area contributed by atoms with Crippen molar-refractivity contribution < 1.29 is 18.7 Å². The number of rotatable bonds is 8. The summed E-state index contributed by atoms with van der Waals surface area (Å²) in [6, 6.07) is 15.6. The predicted molar refractivity (Wildman–Crippen MR) is 119 cm³/mol. The molecule has 0 atom stereocenters. The molecule has 0 spiro atoms. The molecule has 0 aliphatic rings. The van der Waals surface area contributed by atoms with Gasteiger partial charge >= 0.3 is 0 Å². The molecule has 0 radical (unpaired) electrons. The highest BCUT2D eigenvalue weighted by Gasteiger charge is 2.17.